The predicted molar refractivity (Wildman–Crippen MR) is 80.0 cm³/mol. The molecular formula is C13H16BrN3O4. The molecule has 2 atom stereocenters. The molecule has 7 nitrogen and oxygen atoms in total. The first-order chi connectivity index (χ1) is 9.88. The Morgan fingerprint density at radius 1 is 1.62 bits per heavy atom. The lowest BCUT2D eigenvalue weighted by Gasteiger charge is -2.24. The summed E-state index contributed by atoms with van der Waals surface area (Å²) in [6, 6.07) is 4.62. The van der Waals surface area contributed by atoms with Crippen molar-refractivity contribution in [1.82, 2.24) is 5.32 Å². The number of carbonyl (C=O) groups is 1. The maximum atomic E-state index is 11.6. The van der Waals surface area contributed by atoms with Crippen LogP contribution in [-0.4, -0.2) is 29.5 Å². The van der Waals surface area contributed by atoms with E-state index >= 15 is 0 Å². The van der Waals surface area contributed by atoms with Crippen LogP contribution in [0.5, 0.6) is 5.75 Å². The molecule has 3 N–H and O–H groups in total. The largest absolute Gasteiger partial charge is 0.483 e. The molecule has 2 rings (SSSR count). The van der Waals surface area contributed by atoms with Gasteiger partial charge in [0.15, 0.2) is 5.75 Å². The van der Waals surface area contributed by atoms with Crippen LogP contribution >= 0.6 is 15.9 Å². The molecule has 0 aromatic heterocycles. The van der Waals surface area contributed by atoms with Gasteiger partial charge in [0.1, 0.15) is 11.6 Å². The quantitative estimate of drug-likeness (QED) is 0.616. The molecule has 21 heavy (non-hydrogen) atoms. The number of nitrogens with zero attached hydrogens (tertiary/aromatic N) is 1. The molecule has 1 saturated carbocycles. The Morgan fingerprint density at radius 2 is 2.33 bits per heavy atom. The van der Waals surface area contributed by atoms with Gasteiger partial charge in [-0.3, -0.25) is 14.9 Å². The van der Waals surface area contributed by atoms with E-state index in [-0.39, 0.29) is 17.5 Å². The minimum Gasteiger partial charge on any atom is -0.483 e. The predicted octanol–water partition coefficient (Wildman–Crippen LogP) is 1.73. The van der Waals surface area contributed by atoms with Crippen molar-refractivity contribution < 1.29 is 14.5 Å². The molecule has 1 aliphatic rings. The third-order valence-electron chi connectivity index (χ3n) is 3.83. The molecule has 0 spiro atoms. The average molecular weight is 358 g/mol. The minimum atomic E-state index is -0.797. The van der Waals surface area contributed by atoms with E-state index < -0.39 is 16.4 Å². The van der Waals surface area contributed by atoms with Gasteiger partial charge in [0.2, 0.25) is 5.91 Å². The van der Waals surface area contributed by atoms with Gasteiger partial charge in [-0.2, -0.15) is 0 Å². The standard InChI is InChI=1S/C13H16BrN3O4/c1-16-13(12(15)18)5-4-9(7-13)21-11-3-2-8(14)6-10(11)17(19)20/h2-3,6,9,16H,4-5,7H2,1H3,(H2,15,18). The van der Waals surface area contributed by atoms with Gasteiger partial charge < -0.3 is 15.8 Å². The summed E-state index contributed by atoms with van der Waals surface area (Å²) in [4.78, 5) is 22.1. The molecule has 1 aliphatic carbocycles. The summed E-state index contributed by atoms with van der Waals surface area (Å²) >= 11 is 3.19. The molecule has 0 radical (unpaired) electrons. The summed E-state index contributed by atoms with van der Waals surface area (Å²) in [5.74, 6) is -0.231. The van der Waals surface area contributed by atoms with E-state index in [4.69, 9.17) is 10.5 Å². The van der Waals surface area contributed by atoms with E-state index in [0.717, 1.165) is 0 Å². The number of benzene rings is 1. The van der Waals surface area contributed by atoms with Gasteiger partial charge in [0.05, 0.1) is 4.92 Å². The molecule has 2 unspecified atom stereocenters. The zero-order valence-electron chi connectivity index (χ0n) is 11.5. The summed E-state index contributed by atoms with van der Waals surface area (Å²) in [5, 5.41) is 14.0. The average Bonchev–Trinajstić information content (AvgIpc) is 2.85. The number of amides is 1. The molecule has 114 valence electrons. The highest BCUT2D eigenvalue weighted by molar-refractivity contribution is 9.10. The van der Waals surface area contributed by atoms with E-state index in [1.807, 2.05) is 0 Å². The van der Waals surface area contributed by atoms with Crippen molar-refractivity contribution in [3.8, 4) is 5.75 Å². The molecule has 1 amide bonds. The molecular weight excluding hydrogens is 342 g/mol. The second kappa shape index (κ2) is 5.98. The Bertz CT molecular complexity index is 581. The number of likely N-dealkylation sites (N-methyl/N-ethyl adjacent to an activating group) is 1. The monoisotopic (exact) mass is 357 g/mol. The van der Waals surface area contributed by atoms with Crippen molar-refractivity contribution >= 4 is 27.5 Å². The number of nitro groups is 1. The second-order valence-corrected chi connectivity index (χ2v) is 5.96. The van der Waals surface area contributed by atoms with Gasteiger partial charge in [0, 0.05) is 17.0 Å². The highest BCUT2D eigenvalue weighted by Gasteiger charge is 2.44. The fourth-order valence-corrected chi connectivity index (χ4v) is 2.94. The number of halogens is 1. The number of nitro benzene ring substituents is 1. The Labute approximate surface area is 130 Å². The summed E-state index contributed by atoms with van der Waals surface area (Å²) in [6.45, 7) is 0. The van der Waals surface area contributed by atoms with Crippen LogP contribution in [0.2, 0.25) is 0 Å². The Hall–Kier alpha value is -1.67. The normalized spacial score (nSPS) is 24.8. The lowest BCUT2D eigenvalue weighted by Crippen LogP contribution is -2.52. The molecule has 8 heteroatoms. The van der Waals surface area contributed by atoms with Gasteiger partial charge in [-0.15, -0.1) is 0 Å². The van der Waals surface area contributed by atoms with Gasteiger partial charge in [0.25, 0.3) is 0 Å². The third kappa shape index (κ3) is 3.16. The molecule has 1 fully saturated rings. The fraction of sp³-hybridized carbons (Fsp3) is 0.462. The Kier molecular flexibility index (Phi) is 4.48. The first-order valence-corrected chi connectivity index (χ1v) is 7.26. The van der Waals surface area contributed by atoms with Gasteiger partial charge in [-0.1, -0.05) is 15.9 Å². The van der Waals surface area contributed by atoms with Crippen molar-refractivity contribution in [2.24, 2.45) is 5.73 Å². The van der Waals surface area contributed by atoms with Crippen molar-refractivity contribution in [3.63, 3.8) is 0 Å². The van der Waals surface area contributed by atoms with E-state index in [0.29, 0.717) is 23.7 Å². The third-order valence-corrected chi connectivity index (χ3v) is 4.32. The summed E-state index contributed by atoms with van der Waals surface area (Å²) in [5.41, 5.74) is 4.52. The molecule has 0 saturated heterocycles. The van der Waals surface area contributed by atoms with Crippen LogP contribution < -0.4 is 15.8 Å². The highest BCUT2D eigenvalue weighted by atomic mass is 79.9. The van der Waals surface area contributed by atoms with E-state index in [1.54, 1.807) is 19.2 Å². The maximum Gasteiger partial charge on any atom is 0.312 e. The first kappa shape index (κ1) is 15.7. The van der Waals surface area contributed by atoms with Gasteiger partial charge in [-0.25, -0.2) is 0 Å². The Balaban J connectivity index is 2.17. The zero-order chi connectivity index (χ0) is 15.6. The number of ether oxygens (including phenoxy) is 1. The molecule has 0 heterocycles. The van der Waals surface area contributed by atoms with Crippen LogP contribution in [0.3, 0.4) is 0 Å². The maximum absolute atomic E-state index is 11.6. The van der Waals surface area contributed by atoms with Crippen molar-refractivity contribution in [3.05, 3.63) is 32.8 Å². The van der Waals surface area contributed by atoms with Gasteiger partial charge in [-0.05, 0) is 32.0 Å². The van der Waals surface area contributed by atoms with Crippen LogP contribution in [0.15, 0.2) is 22.7 Å². The fourth-order valence-electron chi connectivity index (χ4n) is 2.59. The molecule has 0 bridgehead atoms. The summed E-state index contributed by atoms with van der Waals surface area (Å²) in [6.07, 6.45) is 1.27. The highest BCUT2D eigenvalue weighted by Crippen LogP contribution is 2.36. The van der Waals surface area contributed by atoms with Crippen LogP contribution in [0.4, 0.5) is 5.69 Å². The molecule has 1 aromatic carbocycles. The molecule has 1 aromatic rings. The van der Waals surface area contributed by atoms with E-state index in [2.05, 4.69) is 21.2 Å². The van der Waals surface area contributed by atoms with Crippen LogP contribution in [0, 0.1) is 10.1 Å². The lowest BCUT2D eigenvalue weighted by molar-refractivity contribution is -0.386. The van der Waals surface area contributed by atoms with Crippen molar-refractivity contribution in [2.45, 2.75) is 30.9 Å². The van der Waals surface area contributed by atoms with Crippen LogP contribution in [0.1, 0.15) is 19.3 Å². The lowest BCUT2D eigenvalue weighted by atomic mass is 9.97. The van der Waals surface area contributed by atoms with Gasteiger partial charge >= 0.3 is 5.69 Å². The van der Waals surface area contributed by atoms with Crippen LogP contribution in [-0.2, 0) is 4.79 Å². The topological polar surface area (TPSA) is 107 Å². The number of hydrogen-bond acceptors (Lipinski definition) is 5. The number of carbonyl (C=O) groups excluding carboxylic acids is 1. The second-order valence-electron chi connectivity index (χ2n) is 5.05. The van der Waals surface area contributed by atoms with E-state index in [9.17, 15) is 14.9 Å². The van der Waals surface area contributed by atoms with Crippen LogP contribution in [0.25, 0.3) is 0 Å². The smallest absolute Gasteiger partial charge is 0.312 e. The minimum absolute atomic E-state index is 0.106. The van der Waals surface area contributed by atoms with Crippen molar-refractivity contribution in [2.75, 3.05) is 7.05 Å². The number of primary amides is 1. The first-order valence-electron chi connectivity index (χ1n) is 6.47. The Morgan fingerprint density at radius 3 is 2.86 bits per heavy atom. The van der Waals surface area contributed by atoms with E-state index in [1.165, 1.54) is 6.07 Å². The zero-order valence-corrected chi connectivity index (χ0v) is 13.1. The summed E-state index contributed by atoms with van der Waals surface area (Å²) < 4.78 is 6.33. The molecule has 0 aliphatic heterocycles. The van der Waals surface area contributed by atoms with Crippen molar-refractivity contribution in [1.29, 1.82) is 0 Å². The number of nitrogens with one attached hydrogen (secondary N) is 1. The number of rotatable bonds is 5. The number of hydrogen-bond donors (Lipinski definition) is 2. The number of nitrogens with two attached hydrogens (primary N) is 1. The summed E-state index contributed by atoms with van der Waals surface area (Å²) in [7, 11) is 1.68. The SMILES string of the molecule is CNC1(C(N)=O)CCC(Oc2ccc(Br)cc2[N+](=O)[O-])C1.